The second-order valence-corrected chi connectivity index (χ2v) is 6.77. The summed E-state index contributed by atoms with van der Waals surface area (Å²) in [7, 11) is 1.33. The highest BCUT2D eigenvalue weighted by Gasteiger charge is 2.15. The summed E-state index contributed by atoms with van der Waals surface area (Å²) < 4.78 is 4.78. The van der Waals surface area contributed by atoms with Gasteiger partial charge in [-0.05, 0) is 42.6 Å². The zero-order valence-electron chi connectivity index (χ0n) is 14.1. The standard InChI is InChI=1S/C19H15N3O3S/c1-10-17-13(9-15(20-10)19(24)25-2)12-8-11(5-6-14(12)22-17)21-18(23)16-4-3-7-26-16/h3-9,22H,1-2H3,(H,21,23). The number of thiophene rings is 1. The number of aryl methyl sites for hydroxylation is 1. The molecule has 0 aliphatic rings. The topological polar surface area (TPSA) is 84.1 Å². The Hall–Kier alpha value is -3.19. The molecule has 0 fully saturated rings. The van der Waals surface area contributed by atoms with Crippen LogP contribution in [0.25, 0.3) is 21.8 Å². The Morgan fingerprint density at radius 2 is 2.04 bits per heavy atom. The number of methoxy groups -OCH3 is 1. The maximum atomic E-state index is 12.3. The first-order valence-corrected chi connectivity index (χ1v) is 8.81. The van der Waals surface area contributed by atoms with Crippen LogP contribution in [0, 0.1) is 6.92 Å². The number of hydrogen-bond donors (Lipinski definition) is 2. The molecule has 7 heteroatoms. The van der Waals surface area contributed by atoms with Crippen LogP contribution in [0.2, 0.25) is 0 Å². The van der Waals surface area contributed by atoms with Crippen molar-refractivity contribution in [2.75, 3.05) is 12.4 Å². The first kappa shape index (κ1) is 16.3. The van der Waals surface area contributed by atoms with Gasteiger partial charge in [-0.25, -0.2) is 9.78 Å². The molecule has 6 nitrogen and oxygen atoms in total. The van der Waals surface area contributed by atoms with Crippen molar-refractivity contribution >= 4 is 50.7 Å². The maximum Gasteiger partial charge on any atom is 0.356 e. The largest absolute Gasteiger partial charge is 0.464 e. The van der Waals surface area contributed by atoms with Gasteiger partial charge in [0.15, 0.2) is 0 Å². The molecule has 0 saturated heterocycles. The quantitative estimate of drug-likeness (QED) is 0.535. The van der Waals surface area contributed by atoms with Gasteiger partial charge in [-0.2, -0.15) is 0 Å². The number of carbonyl (C=O) groups is 2. The summed E-state index contributed by atoms with van der Waals surface area (Å²) >= 11 is 1.39. The number of hydrogen-bond acceptors (Lipinski definition) is 5. The molecule has 1 aromatic carbocycles. The van der Waals surface area contributed by atoms with Gasteiger partial charge in [0, 0.05) is 22.0 Å². The lowest BCUT2D eigenvalue weighted by molar-refractivity contribution is 0.0594. The van der Waals surface area contributed by atoms with Crippen LogP contribution in [0.15, 0.2) is 41.8 Å². The van der Waals surface area contributed by atoms with Gasteiger partial charge < -0.3 is 15.0 Å². The van der Waals surface area contributed by atoms with Crippen LogP contribution in [0.4, 0.5) is 5.69 Å². The molecule has 0 bridgehead atoms. The van der Waals surface area contributed by atoms with Crippen LogP contribution >= 0.6 is 11.3 Å². The lowest BCUT2D eigenvalue weighted by Gasteiger charge is -2.04. The lowest BCUT2D eigenvalue weighted by atomic mass is 10.1. The predicted octanol–water partition coefficient (Wildman–Crippen LogP) is 4.12. The van der Waals surface area contributed by atoms with E-state index in [1.165, 1.54) is 18.4 Å². The minimum absolute atomic E-state index is 0.146. The minimum Gasteiger partial charge on any atom is -0.464 e. The molecule has 4 rings (SSSR count). The lowest BCUT2D eigenvalue weighted by Crippen LogP contribution is -2.09. The molecule has 1 amide bonds. The Morgan fingerprint density at radius 3 is 2.77 bits per heavy atom. The molecule has 0 spiro atoms. The van der Waals surface area contributed by atoms with Gasteiger partial charge in [-0.1, -0.05) is 6.07 Å². The number of ether oxygens (including phenoxy) is 1. The number of pyridine rings is 1. The molecule has 0 unspecified atom stereocenters. The molecule has 3 heterocycles. The van der Waals surface area contributed by atoms with E-state index in [9.17, 15) is 9.59 Å². The van der Waals surface area contributed by atoms with Crippen LogP contribution in [-0.4, -0.2) is 29.0 Å². The third-order valence-electron chi connectivity index (χ3n) is 4.17. The summed E-state index contributed by atoms with van der Waals surface area (Å²) in [5, 5.41) is 6.53. The van der Waals surface area contributed by atoms with E-state index in [-0.39, 0.29) is 11.6 Å². The number of H-pyrrole nitrogens is 1. The van der Waals surface area contributed by atoms with E-state index in [2.05, 4.69) is 15.3 Å². The number of benzene rings is 1. The van der Waals surface area contributed by atoms with Crippen molar-refractivity contribution in [2.45, 2.75) is 6.92 Å². The number of aromatic amines is 1. The van der Waals surface area contributed by atoms with Gasteiger partial charge in [0.25, 0.3) is 5.91 Å². The van der Waals surface area contributed by atoms with Crippen molar-refractivity contribution in [3.05, 3.63) is 58.0 Å². The van der Waals surface area contributed by atoms with E-state index in [0.29, 0.717) is 16.3 Å². The van der Waals surface area contributed by atoms with E-state index in [1.54, 1.807) is 12.1 Å². The highest BCUT2D eigenvalue weighted by Crippen LogP contribution is 2.30. The zero-order valence-corrected chi connectivity index (χ0v) is 14.9. The van der Waals surface area contributed by atoms with Gasteiger partial charge in [0.1, 0.15) is 5.69 Å². The summed E-state index contributed by atoms with van der Waals surface area (Å²) in [5.74, 6) is -0.626. The van der Waals surface area contributed by atoms with Crippen LogP contribution in [0.1, 0.15) is 25.9 Å². The fourth-order valence-corrected chi connectivity index (χ4v) is 3.56. The fraction of sp³-hybridized carbons (Fsp3) is 0.105. The van der Waals surface area contributed by atoms with Gasteiger partial charge in [0.05, 0.1) is 23.2 Å². The van der Waals surface area contributed by atoms with Crippen molar-refractivity contribution in [3.8, 4) is 0 Å². The Morgan fingerprint density at radius 1 is 1.19 bits per heavy atom. The van der Waals surface area contributed by atoms with Crippen molar-refractivity contribution in [1.29, 1.82) is 0 Å². The average Bonchev–Trinajstić information content (AvgIpc) is 3.29. The second-order valence-electron chi connectivity index (χ2n) is 5.82. The number of carbonyl (C=O) groups excluding carboxylic acids is 2. The summed E-state index contributed by atoms with van der Waals surface area (Å²) in [4.78, 5) is 32.4. The molecule has 26 heavy (non-hydrogen) atoms. The highest BCUT2D eigenvalue weighted by molar-refractivity contribution is 7.12. The molecular formula is C19H15N3O3S. The monoisotopic (exact) mass is 365 g/mol. The minimum atomic E-state index is -0.480. The van der Waals surface area contributed by atoms with Gasteiger partial charge >= 0.3 is 5.97 Å². The molecule has 4 aromatic rings. The normalized spacial score (nSPS) is 11.0. The van der Waals surface area contributed by atoms with Crippen LogP contribution in [-0.2, 0) is 4.74 Å². The Labute approximate surface area is 152 Å². The molecule has 0 radical (unpaired) electrons. The smallest absolute Gasteiger partial charge is 0.356 e. The first-order chi connectivity index (χ1) is 12.6. The molecule has 0 aliphatic carbocycles. The molecule has 3 aromatic heterocycles. The van der Waals surface area contributed by atoms with Gasteiger partial charge in [-0.3, -0.25) is 4.79 Å². The molecule has 0 atom stereocenters. The number of amides is 1. The molecular weight excluding hydrogens is 350 g/mol. The first-order valence-electron chi connectivity index (χ1n) is 7.93. The summed E-state index contributed by atoms with van der Waals surface area (Å²) in [6.07, 6.45) is 0. The van der Waals surface area contributed by atoms with Crippen molar-refractivity contribution in [1.82, 2.24) is 9.97 Å². The summed E-state index contributed by atoms with van der Waals surface area (Å²) in [6.45, 7) is 1.84. The third kappa shape index (κ3) is 2.72. The SMILES string of the molecule is COC(=O)c1cc2c([nH]c3ccc(NC(=O)c4cccs4)cc32)c(C)n1. The molecule has 130 valence electrons. The summed E-state index contributed by atoms with van der Waals surface area (Å²) in [5.41, 5.74) is 3.41. The van der Waals surface area contributed by atoms with E-state index in [1.807, 2.05) is 36.6 Å². The second kappa shape index (κ2) is 6.27. The molecule has 0 saturated carbocycles. The number of nitrogens with one attached hydrogen (secondary N) is 2. The number of nitrogens with zero attached hydrogens (tertiary/aromatic N) is 1. The van der Waals surface area contributed by atoms with Crippen LogP contribution < -0.4 is 5.32 Å². The van der Waals surface area contributed by atoms with E-state index >= 15 is 0 Å². The number of aromatic nitrogens is 2. The molecule has 0 aliphatic heterocycles. The van der Waals surface area contributed by atoms with Gasteiger partial charge in [0.2, 0.25) is 0 Å². The van der Waals surface area contributed by atoms with Crippen LogP contribution in [0.3, 0.4) is 0 Å². The zero-order chi connectivity index (χ0) is 18.3. The van der Waals surface area contributed by atoms with Crippen molar-refractivity contribution in [3.63, 3.8) is 0 Å². The van der Waals surface area contributed by atoms with Crippen molar-refractivity contribution in [2.24, 2.45) is 0 Å². The number of anilines is 1. The fourth-order valence-electron chi connectivity index (χ4n) is 2.94. The van der Waals surface area contributed by atoms with Gasteiger partial charge in [-0.15, -0.1) is 11.3 Å². The van der Waals surface area contributed by atoms with E-state index in [4.69, 9.17) is 4.74 Å². The number of fused-ring (bicyclic) bond motifs is 3. The van der Waals surface area contributed by atoms with Crippen LogP contribution in [0.5, 0.6) is 0 Å². The predicted molar refractivity (Wildman–Crippen MR) is 102 cm³/mol. The highest BCUT2D eigenvalue weighted by atomic mass is 32.1. The Balaban J connectivity index is 1.81. The Bertz CT molecular complexity index is 1150. The number of esters is 1. The van der Waals surface area contributed by atoms with Crippen molar-refractivity contribution < 1.29 is 14.3 Å². The average molecular weight is 365 g/mol. The molecule has 2 N–H and O–H groups in total. The van der Waals surface area contributed by atoms with E-state index < -0.39 is 5.97 Å². The number of rotatable bonds is 3. The summed E-state index contributed by atoms with van der Waals surface area (Å²) in [6, 6.07) is 11.0. The van der Waals surface area contributed by atoms with E-state index in [0.717, 1.165) is 21.8 Å². The third-order valence-corrected chi connectivity index (χ3v) is 5.04. The maximum absolute atomic E-state index is 12.3. The Kier molecular flexibility index (Phi) is 3.93.